The first-order valence-corrected chi connectivity index (χ1v) is 4.27. The van der Waals surface area contributed by atoms with Gasteiger partial charge in [-0.15, -0.1) is 0 Å². The average molecular weight is 185 g/mol. The minimum Gasteiger partial charge on any atom is -0.361 e. The number of hydrogen-bond donors (Lipinski definition) is 1. The summed E-state index contributed by atoms with van der Waals surface area (Å²) in [5.74, 6) is -1.43. The molecule has 0 aromatic rings. The third-order valence-corrected chi connectivity index (χ3v) is 2.39. The Hall–Kier alpha value is -1.10. The van der Waals surface area contributed by atoms with Crippen molar-refractivity contribution in [3.63, 3.8) is 0 Å². The van der Waals surface area contributed by atoms with Crippen LogP contribution in [0.4, 0.5) is 0 Å². The second-order valence-corrected chi connectivity index (χ2v) is 3.52. The Labute approximate surface area is 77.5 Å². The van der Waals surface area contributed by atoms with Crippen LogP contribution in [-0.2, 0) is 9.59 Å². The molecule has 0 saturated carbocycles. The van der Waals surface area contributed by atoms with E-state index in [9.17, 15) is 9.59 Å². The maximum absolute atomic E-state index is 11.1. The molecule has 1 heterocycles. The van der Waals surface area contributed by atoms with E-state index in [1.54, 1.807) is 0 Å². The standard InChI is InChI=1S/C8H15N3O2/c1-10(2)6-3-4-11(5-6)8(13)7(9)12/h6H,3-5H2,1-2H3,(H2,9,12)/t6-/m0/s1. The number of rotatable bonds is 1. The van der Waals surface area contributed by atoms with Gasteiger partial charge in [0.2, 0.25) is 0 Å². The molecule has 13 heavy (non-hydrogen) atoms. The summed E-state index contributed by atoms with van der Waals surface area (Å²) in [6.45, 7) is 1.24. The molecule has 0 aromatic carbocycles. The predicted octanol–water partition coefficient (Wildman–Crippen LogP) is -1.37. The van der Waals surface area contributed by atoms with E-state index in [0.717, 1.165) is 6.42 Å². The van der Waals surface area contributed by atoms with Gasteiger partial charge in [0.05, 0.1) is 0 Å². The van der Waals surface area contributed by atoms with Crippen LogP contribution in [0.5, 0.6) is 0 Å². The fourth-order valence-electron chi connectivity index (χ4n) is 1.50. The van der Waals surface area contributed by atoms with Gasteiger partial charge in [0.15, 0.2) is 0 Å². The van der Waals surface area contributed by atoms with E-state index in [0.29, 0.717) is 19.1 Å². The van der Waals surface area contributed by atoms with Crippen molar-refractivity contribution in [2.75, 3.05) is 27.2 Å². The molecule has 0 aromatic heterocycles. The van der Waals surface area contributed by atoms with E-state index >= 15 is 0 Å². The van der Waals surface area contributed by atoms with Gasteiger partial charge in [-0.25, -0.2) is 0 Å². The topological polar surface area (TPSA) is 66.6 Å². The number of primary amides is 1. The summed E-state index contributed by atoms with van der Waals surface area (Å²) in [4.78, 5) is 25.3. The summed E-state index contributed by atoms with van der Waals surface area (Å²) in [5, 5.41) is 0. The zero-order valence-electron chi connectivity index (χ0n) is 7.99. The van der Waals surface area contributed by atoms with Crippen molar-refractivity contribution >= 4 is 11.8 Å². The lowest BCUT2D eigenvalue weighted by Crippen LogP contribution is -2.40. The van der Waals surface area contributed by atoms with Crippen molar-refractivity contribution < 1.29 is 9.59 Å². The third kappa shape index (κ3) is 2.18. The molecule has 74 valence electrons. The molecule has 0 aliphatic carbocycles. The molecule has 5 heteroatoms. The third-order valence-electron chi connectivity index (χ3n) is 2.39. The highest BCUT2D eigenvalue weighted by molar-refractivity contribution is 6.34. The van der Waals surface area contributed by atoms with Gasteiger partial charge in [-0.2, -0.15) is 0 Å². The Morgan fingerprint density at radius 1 is 1.46 bits per heavy atom. The molecule has 0 spiro atoms. The average Bonchev–Trinajstić information content (AvgIpc) is 2.50. The molecule has 0 radical (unpaired) electrons. The van der Waals surface area contributed by atoms with E-state index in [1.807, 2.05) is 19.0 Å². The SMILES string of the molecule is CN(C)[C@H]1CCN(C(=O)C(N)=O)C1. The van der Waals surface area contributed by atoms with Crippen LogP contribution in [0.15, 0.2) is 0 Å². The van der Waals surface area contributed by atoms with Crippen molar-refractivity contribution in [3.8, 4) is 0 Å². The second kappa shape index (κ2) is 3.74. The van der Waals surface area contributed by atoms with Gasteiger partial charge in [-0.1, -0.05) is 0 Å². The first-order valence-electron chi connectivity index (χ1n) is 4.27. The van der Waals surface area contributed by atoms with Gasteiger partial charge in [0.25, 0.3) is 0 Å². The Bertz CT molecular complexity index is 227. The van der Waals surface area contributed by atoms with Crippen molar-refractivity contribution in [2.45, 2.75) is 12.5 Å². The molecule has 1 fully saturated rings. The monoisotopic (exact) mass is 185 g/mol. The normalized spacial score (nSPS) is 22.4. The lowest BCUT2D eigenvalue weighted by Gasteiger charge is -2.19. The minimum atomic E-state index is -0.862. The number of likely N-dealkylation sites (tertiary alicyclic amines) is 1. The first-order chi connectivity index (χ1) is 6.02. The first kappa shape index (κ1) is 9.98. The second-order valence-electron chi connectivity index (χ2n) is 3.52. The predicted molar refractivity (Wildman–Crippen MR) is 47.9 cm³/mol. The number of nitrogens with two attached hydrogens (primary N) is 1. The van der Waals surface area contributed by atoms with Crippen LogP contribution in [0.25, 0.3) is 0 Å². The highest BCUT2D eigenvalue weighted by atomic mass is 16.2. The van der Waals surface area contributed by atoms with Crippen molar-refractivity contribution in [3.05, 3.63) is 0 Å². The molecule has 1 aliphatic heterocycles. The van der Waals surface area contributed by atoms with Gasteiger partial charge in [0, 0.05) is 19.1 Å². The quantitative estimate of drug-likeness (QED) is 0.513. The van der Waals surface area contributed by atoms with Crippen LogP contribution in [0, 0.1) is 0 Å². The van der Waals surface area contributed by atoms with Gasteiger partial charge >= 0.3 is 11.8 Å². The van der Waals surface area contributed by atoms with Gasteiger partial charge in [-0.05, 0) is 20.5 Å². The van der Waals surface area contributed by atoms with E-state index in [2.05, 4.69) is 0 Å². The van der Waals surface area contributed by atoms with E-state index in [4.69, 9.17) is 5.73 Å². The van der Waals surface area contributed by atoms with Crippen molar-refractivity contribution in [1.29, 1.82) is 0 Å². The highest BCUT2D eigenvalue weighted by Crippen LogP contribution is 2.12. The maximum Gasteiger partial charge on any atom is 0.311 e. The van der Waals surface area contributed by atoms with Crippen molar-refractivity contribution in [2.24, 2.45) is 5.73 Å². The van der Waals surface area contributed by atoms with E-state index < -0.39 is 11.8 Å². The van der Waals surface area contributed by atoms with Crippen LogP contribution in [-0.4, -0.2) is 54.8 Å². The lowest BCUT2D eigenvalue weighted by molar-refractivity contribution is -0.143. The smallest absolute Gasteiger partial charge is 0.311 e. The number of hydrogen-bond acceptors (Lipinski definition) is 3. The maximum atomic E-state index is 11.1. The molecule has 0 bridgehead atoms. The summed E-state index contributed by atoms with van der Waals surface area (Å²) >= 11 is 0. The van der Waals surface area contributed by atoms with E-state index in [1.165, 1.54) is 4.90 Å². The van der Waals surface area contributed by atoms with Crippen molar-refractivity contribution in [1.82, 2.24) is 9.80 Å². The van der Waals surface area contributed by atoms with Crippen LogP contribution in [0.3, 0.4) is 0 Å². The van der Waals surface area contributed by atoms with Gasteiger partial charge < -0.3 is 15.5 Å². The van der Waals surface area contributed by atoms with Crippen LogP contribution in [0.2, 0.25) is 0 Å². The summed E-state index contributed by atoms with van der Waals surface area (Å²) in [6.07, 6.45) is 0.909. The van der Waals surface area contributed by atoms with Crippen LogP contribution in [0.1, 0.15) is 6.42 Å². The molecular weight excluding hydrogens is 170 g/mol. The summed E-state index contributed by atoms with van der Waals surface area (Å²) < 4.78 is 0. The lowest BCUT2D eigenvalue weighted by atomic mass is 10.2. The largest absolute Gasteiger partial charge is 0.361 e. The molecule has 2 N–H and O–H groups in total. The Kier molecular flexibility index (Phi) is 2.87. The number of carbonyl (C=O) groups excluding carboxylic acids is 2. The fraction of sp³-hybridized carbons (Fsp3) is 0.750. The molecule has 0 unspecified atom stereocenters. The molecule has 1 atom stereocenters. The van der Waals surface area contributed by atoms with E-state index in [-0.39, 0.29) is 0 Å². The molecule has 1 saturated heterocycles. The number of nitrogens with zero attached hydrogens (tertiary/aromatic N) is 2. The number of amides is 2. The Balaban J connectivity index is 2.50. The zero-order valence-corrected chi connectivity index (χ0v) is 7.99. The molecular formula is C8H15N3O2. The molecule has 5 nitrogen and oxygen atoms in total. The van der Waals surface area contributed by atoms with Gasteiger partial charge in [0.1, 0.15) is 0 Å². The summed E-state index contributed by atoms with van der Waals surface area (Å²) in [6, 6.07) is 0.350. The fourth-order valence-corrected chi connectivity index (χ4v) is 1.50. The number of carbonyl (C=O) groups is 2. The number of likely N-dealkylation sites (N-methyl/N-ethyl adjacent to an activating group) is 1. The zero-order chi connectivity index (χ0) is 10.0. The van der Waals surface area contributed by atoms with Crippen LogP contribution >= 0.6 is 0 Å². The van der Waals surface area contributed by atoms with Crippen LogP contribution < -0.4 is 5.73 Å². The Morgan fingerprint density at radius 2 is 2.08 bits per heavy atom. The molecule has 2 amide bonds. The Morgan fingerprint density at radius 3 is 2.46 bits per heavy atom. The summed E-state index contributed by atoms with van der Waals surface area (Å²) in [5.41, 5.74) is 4.89. The summed E-state index contributed by atoms with van der Waals surface area (Å²) in [7, 11) is 3.92. The van der Waals surface area contributed by atoms with Gasteiger partial charge in [-0.3, -0.25) is 9.59 Å². The highest BCUT2D eigenvalue weighted by Gasteiger charge is 2.29. The minimum absolute atomic E-state index is 0.350. The molecule has 1 rings (SSSR count). The molecule has 1 aliphatic rings.